The number of nitrogens with zero attached hydrogens (tertiary/aromatic N) is 2. The summed E-state index contributed by atoms with van der Waals surface area (Å²) in [5, 5.41) is 2.23. The second-order valence-electron chi connectivity index (χ2n) is 5.46. The Bertz CT molecular complexity index is 616. The molecule has 1 aromatic carbocycles. The van der Waals surface area contributed by atoms with Gasteiger partial charge in [-0.25, -0.2) is 0 Å². The normalized spacial score (nSPS) is 26.0. The SMILES string of the molecule is Nc1ccc(N2CC3CCC(C2)O3)c2cnccc12. The maximum atomic E-state index is 6.05. The number of morpholine rings is 1. The van der Waals surface area contributed by atoms with Crippen molar-refractivity contribution in [2.45, 2.75) is 25.0 Å². The van der Waals surface area contributed by atoms with E-state index in [0.29, 0.717) is 12.2 Å². The number of nitrogens with two attached hydrogens (primary N) is 1. The third-order valence-electron chi connectivity index (χ3n) is 4.21. The molecule has 4 rings (SSSR count). The Morgan fingerprint density at radius 2 is 1.89 bits per heavy atom. The van der Waals surface area contributed by atoms with Crippen molar-refractivity contribution in [1.82, 2.24) is 4.98 Å². The number of ether oxygens (including phenoxy) is 1. The molecule has 4 nitrogen and oxygen atoms in total. The minimum absolute atomic E-state index is 0.392. The van der Waals surface area contributed by atoms with Crippen LogP contribution in [-0.4, -0.2) is 30.3 Å². The van der Waals surface area contributed by atoms with Gasteiger partial charge in [0.1, 0.15) is 0 Å². The third-order valence-corrected chi connectivity index (χ3v) is 4.21. The molecule has 2 bridgehead atoms. The summed E-state index contributed by atoms with van der Waals surface area (Å²) >= 11 is 0. The van der Waals surface area contributed by atoms with Crippen LogP contribution in [0.5, 0.6) is 0 Å². The lowest BCUT2D eigenvalue weighted by Gasteiger charge is -2.34. The Balaban J connectivity index is 1.81. The quantitative estimate of drug-likeness (QED) is 0.794. The predicted octanol–water partition coefficient (Wildman–Crippen LogP) is 2.18. The molecule has 2 atom stereocenters. The van der Waals surface area contributed by atoms with Gasteiger partial charge in [0.05, 0.1) is 12.2 Å². The highest BCUT2D eigenvalue weighted by molar-refractivity contribution is 6.00. The van der Waals surface area contributed by atoms with Gasteiger partial charge in [0.15, 0.2) is 0 Å². The number of rotatable bonds is 1. The van der Waals surface area contributed by atoms with Crippen LogP contribution in [0.15, 0.2) is 30.6 Å². The second-order valence-corrected chi connectivity index (χ2v) is 5.46. The van der Waals surface area contributed by atoms with Crippen LogP contribution in [0.2, 0.25) is 0 Å². The molecule has 2 unspecified atom stereocenters. The van der Waals surface area contributed by atoms with Crippen LogP contribution in [0.3, 0.4) is 0 Å². The average molecular weight is 255 g/mol. The maximum absolute atomic E-state index is 6.05. The molecule has 2 N–H and O–H groups in total. The van der Waals surface area contributed by atoms with Gasteiger partial charge in [-0.3, -0.25) is 4.98 Å². The van der Waals surface area contributed by atoms with Crippen LogP contribution in [-0.2, 0) is 4.74 Å². The van der Waals surface area contributed by atoms with E-state index < -0.39 is 0 Å². The van der Waals surface area contributed by atoms with E-state index in [1.165, 1.54) is 18.5 Å². The number of hydrogen-bond donors (Lipinski definition) is 1. The summed E-state index contributed by atoms with van der Waals surface area (Å²) in [5.41, 5.74) is 8.10. The van der Waals surface area contributed by atoms with Crippen molar-refractivity contribution in [3.8, 4) is 0 Å². The van der Waals surface area contributed by atoms with Gasteiger partial charge in [0.2, 0.25) is 0 Å². The van der Waals surface area contributed by atoms with E-state index in [0.717, 1.165) is 29.5 Å². The maximum Gasteiger partial charge on any atom is 0.0755 e. The molecule has 2 fully saturated rings. The van der Waals surface area contributed by atoms with Gasteiger partial charge in [0, 0.05) is 47.6 Å². The van der Waals surface area contributed by atoms with Crippen molar-refractivity contribution in [2.24, 2.45) is 0 Å². The number of anilines is 2. The molecule has 4 heteroatoms. The smallest absolute Gasteiger partial charge is 0.0755 e. The van der Waals surface area contributed by atoms with Crippen molar-refractivity contribution in [1.29, 1.82) is 0 Å². The fourth-order valence-corrected chi connectivity index (χ4v) is 3.29. The Morgan fingerprint density at radius 3 is 2.68 bits per heavy atom. The van der Waals surface area contributed by atoms with E-state index in [1.807, 2.05) is 18.3 Å². The summed E-state index contributed by atoms with van der Waals surface area (Å²) in [6.45, 7) is 1.95. The van der Waals surface area contributed by atoms with Crippen molar-refractivity contribution in [2.75, 3.05) is 23.7 Å². The molecule has 98 valence electrons. The molecule has 0 saturated carbocycles. The van der Waals surface area contributed by atoms with Crippen LogP contribution in [0.25, 0.3) is 10.8 Å². The zero-order valence-corrected chi connectivity index (χ0v) is 10.7. The Kier molecular flexibility index (Phi) is 2.38. The number of aromatic nitrogens is 1. The molecule has 3 heterocycles. The van der Waals surface area contributed by atoms with Gasteiger partial charge in [-0.15, -0.1) is 0 Å². The lowest BCUT2D eigenvalue weighted by atomic mass is 10.1. The van der Waals surface area contributed by atoms with Crippen molar-refractivity contribution < 1.29 is 4.74 Å². The van der Waals surface area contributed by atoms with E-state index in [1.54, 1.807) is 6.20 Å². The highest BCUT2D eigenvalue weighted by Crippen LogP contribution is 2.35. The lowest BCUT2D eigenvalue weighted by Crippen LogP contribution is -2.42. The Labute approximate surface area is 112 Å². The zero-order valence-electron chi connectivity index (χ0n) is 10.7. The van der Waals surface area contributed by atoms with Crippen LogP contribution in [0.4, 0.5) is 11.4 Å². The number of nitrogen functional groups attached to an aromatic ring is 1. The molecule has 1 aromatic heterocycles. The minimum Gasteiger partial charge on any atom is -0.398 e. The van der Waals surface area contributed by atoms with Gasteiger partial charge in [-0.2, -0.15) is 0 Å². The summed E-state index contributed by atoms with van der Waals surface area (Å²) < 4.78 is 5.90. The summed E-state index contributed by atoms with van der Waals surface area (Å²) in [6, 6.07) is 6.10. The molecule has 19 heavy (non-hydrogen) atoms. The van der Waals surface area contributed by atoms with Crippen molar-refractivity contribution in [3.63, 3.8) is 0 Å². The molecule has 2 aromatic rings. The Hall–Kier alpha value is -1.81. The second kappa shape index (κ2) is 4.10. The highest BCUT2D eigenvalue weighted by Gasteiger charge is 2.34. The molecular weight excluding hydrogens is 238 g/mol. The first kappa shape index (κ1) is 11.1. The number of pyridine rings is 1. The van der Waals surface area contributed by atoms with E-state index in [9.17, 15) is 0 Å². The van der Waals surface area contributed by atoms with Gasteiger partial charge in [-0.1, -0.05) is 0 Å². The molecule has 0 aliphatic carbocycles. The van der Waals surface area contributed by atoms with Gasteiger partial charge < -0.3 is 15.4 Å². The number of benzene rings is 1. The first-order chi connectivity index (χ1) is 9.31. The topological polar surface area (TPSA) is 51.4 Å². The van der Waals surface area contributed by atoms with E-state index in [2.05, 4.69) is 16.0 Å². The summed E-state index contributed by atoms with van der Waals surface area (Å²) in [6.07, 6.45) is 6.87. The van der Waals surface area contributed by atoms with Crippen LogP contribution in [0, 0.1) is 0 Å². The zero-order chi connectivity index (χ0) is 12.8. The standard InChI is InChI=1S/C15H17N3O/c16-14-3-4-15(13-7-17-6-5-12(13)14)18-8-10-1-2-11(9-18)19-10/h3-7,10-11H,1-2,8-9,16H2. The van der Waals surface area contributed by atoms with Crippen LogP contribution in [0.1, 0.15) is 12.8 Å². The minimum atomic E-state index is 0.392. The van der Waals surface area contributed by atoms with Crippen molar-refractivity contribution in [3.05, 3.63) is 30.6 Å². The fraction of sp³-hybridized carbons (Fsp3) is 0.400. The molecular formula is C15H17N3O. The van der Waals surface area contributed by atoms with Crippen molar-refractivity contribution >= 4 is 22.1 Å². The van der Waals surface area contributed by atoms with E-state index in [4.69, 9.17) is 10.5 Å². The molecule has 0 radical (unpaired) electrons. The molecule has 0 spiro atoms. The van der Waals surface area contributed by atoms with Gasteiger partial charge in [0.25, 0.3) is 0 Å². The predicted molar refractivity (Wildman–Crippen MR) is 76.3 cm³/mol. The highest BCUT2D eigenvalue weighted by atomic mass is 16.5. The summed E-state index contributed by atoms with van der Waals surface area (Å²) in [7, 11) is 0. The first-order valence-electron chi connectivity index (χ1n) is 6.84. The summed E-state index contributed by atoms with van der Waals surface area (Å²) in [5.74, 6) is 0. The molecule has 2 saturated heterocycles. The van der Waals surface area contributed by atoms with E-state index >= 15 is 0 Å². The van der Waals surface area contributed by atoms with Gasteiger partial charge >= 0.3 is 0 Å². The first-order valence-corrected chi connectivity index (χ1v) is 6.84. The van der Waals surface area contributed by atoms with Gasteiger partial charge in [-0.05, 0) is 31.0 Å². The largest absolute Gasteiger partial charge is 0.398 e. The monoisotopic (exact) mass is 255 g/mol. The summed E-state index contributed by atoms with van der Waals surface area (Å²) in [4.78, 5) is 6.68. The van der Waals surface area contributed by atoms with Crippen LogP contribution < -0.4 is 10.6 Å². The molecule has 2 aliphatic rings. The fourth-order valence-electron chi connectivity index (χ4n) is 3.29. The number of fused-ring (bicyclic) bond motifs is 3. The van der Waals surface area contributed by atoms with E-state index in [-0.39, 0.29) is 0 Å². The average Bonchev–Trinajstić information content (AvgIpc) is 2.78. The van der Waals surface area contributed by atoms with Crippen LogP contribution >= 0.6 is 0 Å². The third kappa shape index (κ3) is 1.75. The lowest BCUT2D eigenvalue weighted by molar-refractivity contribution is 0.0306. The molecule has 2 aliphatic heterocycles. The number of hydrogen-bond acceptors (Lipinski definition) is 4. The molecule has 0 amide bonds. The Morgan fingerprint density at radius 1 is 1.11 bits per heavy atom.